The number of carboxylic acids is 1. The van der Waals surface area contributed by atoms with Gasteiger partial charge in [0, 0.05) is 5.56 Å². The van der Waals surface area contributed by atoms with Crippen molar-refractivity contribution >= 4 is 51.9 Å². The van der Waals surface area contributed by atoms with Gasteiger partial charge in [-0.05, 0) is 87.0 Å². The number of hydrogen-bond acceptors (Lipinski definition) is 9. The van der Waals surface area contributed by atoms with Crippen LogP contribution in [0.15, 0.2) is 57.5 Å². The van der Waals surface area contributed by atoms with E-state index < -0.39 is 24.6 Å². The highest BCUT2D eigenvalue weighted by atomic mass is 127. The Kier molecular flexibility index (Phi) is 10.1. The predicted octanol–water partition coefficient (Wildman–Crippen LogP) is 4.05. The Bertz CT molecular complexity index is 1720. The molecule has 1 atom stereocenters. The number of hydrogen-bond donors (Lipinski definition) is 1. The van der Waals surface area contributed by atoms with Crippen LogP contribution in [0.25, 0.3) is 6.08 Å². The number of nitrogens with zero attached hydrogens (tertiary/aromatic N) is 2. The van der Waals surface area contributed by atoms with Gasteiger partial charge in [0.1, 0.15) is 11.8 Å². The molecular formula is C30H31IN2O8S. The van der Waals surface area contributed by atoms with Crippen LogP contribution in [0.5, 0.6) is 17.2 Å². The van der Waals surface area contributed by atoms with Gasteiger partial charge in [-0.1, -0.05) is 29.5 Å². The molecule has 0 spiro atoms. The normalized spacial score (nSPS) is 14.8. The minimum absolute atomic E-state index is 0.137. The number of fused-ring (bicyclic) bond motifs is 1. The molecule has 2 aromatic carbocycles. The summed E-state index contributed by atoms with van der Waals surface area (Å²) >= 11 is 3.24. The maximum Gasteiger partial charge on any atom is 0.341 e. The minimum Gasteiger partial charge on any atom is -0.491 e. The summed E-state index contributed by atoms with van der Waals surface area (Å²) in [4.78, 5) is 43.4. The summed E-state index contributed by atoms with van der Waals surface area (Å²) in [6.07, 6.45) is 1.58. The smallest absolute Gasteiger partial charge is 0.341 e. The molecular weight excluding hydrogens is 675 g/mol. The van der Waals surface area contributed by atoms with Gasteiger partial charge in [-0.3, -0.25) is 9.36 Å². The van der Waals surface area contributed by atoms with Crippen molar-refractivity contribution < 1.29 is 33.6 Å². The van der Waals surface area contributed by atoms with E-state index in [0.29, 0.717) is 53.6 Å². The first-order valence-electron chi connectivity index (χ1n) is 13.3. The largest absolute Gasteiger partial charge is 0.491 e. The SMILES string of the molecule is CCOC(=O)C1=C(C)N=c2s/c(=C/c3cc(I)c(OCC(=O)O)c(OCC)c3)c(=O)n2[C@H]1c1ccccc1OC(C)C. The highest BCUT2D eigenvalue weighted by Gasteiger charge is 2.35. The first kappa shape index (κ1) is 31.3. The zero-order chi connectivity index (χ0) is 30.6. The molecule has 0 aliphatic carbocycles. The van der Waals surface area contributed by atoms with E-state index in [9.17, 15) is 14.4 Å². The van der Waals surface area contributed by atoms with Crippen molar-refractivity contribution in [2.45, 2.75) is 46.8 Å². The van der Waals surface area contributed by atoms with E-state index >= 15 is 0 Å². The van der Waals surface area contributed by atoms with Crippen LogP contribution in [-0.2, 0) is 14.3 Å². The molecule has 3 aromatic rings. The van der Waals surface area contributed by atoms with Crippen LogP contribution in [0.3, 0.4) is 0 Å². The number of carbonyl (C=O) groups excluding carboxylic acids is 1. The number of thiazole rings is 1. The van der Waals surface area contributed by atoms with E-state index in [-0.39, 0.29) is 23.8 Å². The number of aromatic nitrogens is 1. The highest BCUT2D eigenvalue weighted by Crippen LogP contribution is 2.37. The average molecular weight is 707 g/mol. The zero-order valence-corrected chi connectivity index (χ0v) is 26.8. The van der Waals surface area contributed by atoms with Crippen LogP contribution in [0.2, 0.25) is 0 Å². The molecule has 0 saturated carbocycles. The topological polar surface area (TPSA) is 126 Å². The number of aliphatic carboxylic acids is 1. The lowest BCUT2D eigenvalue weighted by atomic mass is 9.95. The molecule has 10 nitrogen and oxygen atoms in total. The molecule has 12 heteroatoms. The lowest BCUT2D eigenvalue weighted by molar-refractivity contribution is -0.140. The number of benzene rings is 2. The monoisotopic (exact) mass is 706 g/mol. The molecule has 0 saturated heterocycles. The molecule has 1 aliphatic heterocycles. The van der Waals surface area contributed by atoms with E-state index in [2.05, 4.69) is 4.99 Å². The Morgan fingerprint density at radius 1 is 1.14 bits per heavy atom. The summed E-state index contributed by atoms with van der Waals surface area (Å²) in [5, 5.41) is 9.05. The van der Waals surface area contributed by atoms with Crippen molar-refractivity contribution in [2.75, 3.05) is 19.8 Å². The average Bonchev–Trinajstić information content (AvgIpc) is 3.21. The maximum absolute atomic E-state index is 14.1. The predicted molar refractivity (Wildman–Crippen MR) is 166 cm³/mol. The van der Waals surface area contributed by atoms with Crippen LogP contribution < -0.4 is 29.1 Å². The van der Waals surface area contributed by atoms with Crippen molar-refractivity contribution in [3.63, 3.8) is 0 Å². The summed E-state index contributed by atoms with van der Waals surface area (Å²) in [6, 6.07) is 9.98. The number of ether oxygens (including phenoxy) is 4. The maximum atomic E-state index is 14.1. The second-order valence-electron chi connectivity index (χ2n) is 9.45. The van der Waals surface area contributed by atoms with Crippen LogP contribution in [0.4, 0.5) is 0 Å². The van der Waals surface area contributed by atoms with Crippen LogP contribution in [-0.4, -0.2) is 47.5 Å². The summed E-state index contributed by atoms with van der Waals surface area (Å²) in [5.41, 5.74) is 1.68. The summed E-state index contributed by atoms with van der Waals surface area (Å²) in [6.45, 7) is 9.07. The number of para-hydroxylation sites is 1. The lowest BCUT2D eigenvalue weighted by Gasteiger charge is -2.26. The van der Waals surface area contributed by atoms with E-state index in [0.717, 1.165) is 0 Å². The molecule has 222 valence electrons. The molecule has 0 amide bonds. The van der Waals surface area contributed by atoms with Gasteiger partial charge in [-0.15, -0.1) is 0 Å². The third-order valence-electron chi connectivity index (χ3n) is 6.06. The van der Waals surface area contributed by atoms with Crippen molar-refractivity contribution in [3.05, 3.63) is 82.1 Å². The Morgan fingerprint density at radius 3 is 2.55 bits per heavy atom. The standard InChI is InChI=1S/C30H31IN2O8S/c1-6-38-22-13-18(12-20(31)27(22)40-15-24(34)35)14-23-28(36)33-26(19-10-8-9-11-21(19)41-16(3)4)25(29(37)39-7-2)17(5)32-30(33)42-23/h8-14,16,26H,6-7,15H2,1-5H3,(H,34,35)/b23-14+/t26-/m0/s1. The van der Waals surface area contributed by atoms with Crippen LogP contribution >= 0.6 is 33.9 Å². The van der Waals surface area contributed by atoms with Gasteiger partial charge in [0.15, 0.2) is 22.9 Å². The van der Waals surface area contributed by atoms with Crippen molar-refractivity contribution in [2.24, 2.45) is 4.99 Å². The second-order valence-corrected chi connectivity index (χ2v) is 11.6. The van der Waals surface area contributed by atoms with Gasteiger partial charge in [-0.2, -0.15) is 0 Å². The van der Waals surface area contributed by atoms with E-state index in [4.69, 9.17) is 24.1 Å². The van der Waals surface area contributed by atoms with Crippen LogP contribution in [0, 0.1) is 3.57 Å². The fraction of sp³-hybridized carbons (Fsp3) is 0.333. The second kappa shape index (κ2) is 13.6. The van der Waals surface area contributed by atoms with Crippen molar-refractivity contribution in [1.82, 2.24) is 4.57 Å². The quantitative estimate of drug-likeness (QED) is 0.234. The summed E-state index contributed by atoms with van der Waals surface area (Å²) in [7, 11) is 0. The number of halogens is 1. The van der Waals surface area contributed by atoms with Gasteiger partial charge in [0.05, 0.1) is 38.7 Å². The van der Waals surface area contributed by atoms with Gasteiger partial charge in [0.2, 0.25) is 0 Å². The zero-order valence-electron chi connectivity index (χ0n) is 23.8. The molecule has 1 aliphatic rings. The van der Waals surface area contributed by atoms with Gasteiger partial charge in [-0.25, -0.2) is 14.6 Å². The van der Waals surface area contributed by atoms with Crippen molar-refractivity contribution in [1.29, 1.82) is 0 Å². The molecule has 0 fully saturated rings. The molecule has 4 rings (SSSR count). The van der Waals surface area contributed by atoms with Gasteiger partial charge >= 0.3 is 11.9 Å². The summed E-state index contributed by atoms with van der Waals surface area (Å²) < 4.78 is 25.2. The summed E-state index contributed by atoms with van der Waals surface area (Å²) in [5.74, 6) is -0.426. The Balaban J connectivity index is 1.92. The molecule has 1 aromatic heterocycles. The van der Waals surface area contributed by atoms with E-state index in [1.165, 1.54) is 15.9 Å². The fourth-order valence-corrected chi connectivity index (χ4v) is 6.34. The molecule has 0 radical (unpaired) electrons. The number of carboxylic acid groups (broad SMARTS) is 1. The third-order valence-corrected chi connectivity index (χ3v) is 7.85. The molecule has 0 bridgehead atoms. The first-order valence-corrected chi connectivity index (χ1v) is 15.2. The van der Waals surface area contributed by atoms with Gasteiger partial charge < -0.3 is 24.1 Å². The Morgan fingerprint density at radius 2 is 1.88 bits per heavy atom. The number of allylic oxidation sites excluding steroid dienone is 1. The van der Waals surface area contributed by atoms with Crippen molar-refractivity contribution in [3.8, 4) is 17.2 Å². The van der Waals surface area contributed by atoms with Crippen LogP contribution in [0.1, 0.15) is 51.8 Å². The molecule has 42 heavy (non-hydrogen) atoms. The third kappa shape index (κ3) is 6.70. The fourth-order valence-electron chi connectivity index (χ4n) is 4.51. The first-order chi connectivity index (χ1) is 20.0. The van der Waals surface area contributed by atoms with E-state index in [1.54, 1.807) is 32.1 Å². The lowest BCUT2D eigenvalue weighted by Crippen LogP contribution is -2.40. The van der Waals surface area contributed by atoms with E-state index in [1.807, 2.05) is 67.6 Å². The Labute approximate surface area is 260 Å². The molecule has 0 unspecified atom stereocenters. The molecule has 1 N–H and O–H groups in total. The highest BCUT2D eigenvalue weighted by molar-refractivity contribution is 14.1. The number of carbonyl (C=O) groups is 2. The number of esters is 1. The Hall–Kier alpha value is -3.65. The minimum atomic E-state index is -1.11. The molecule has 2 heterocycles. The number of rotatable bonds is 11. The van der Waals surface area contributed by atoms with Gasteiger partial charge in [0.25, 0.3) is 5.56 Å².